The van der Waals surface area contributed by atoms with Crippen molar-refractivity contribution in [2.45, 2.75) is 19.3 Å². The molecule has 2 aliphatic rings. The van der Waals surface area contributed by atoms with Crippen molar-refractivity contribution >= 4 is 23.2 Å². The van der Waals surface area contributed by atoms with Crippen molar-refractivity contribution in [2.75, 3.05) is 50.1 Å². The van der Waals surface area contributed by atoms with E-state index in [9.17, 15) is 14.0 Å². The molecule has 4 rings (SSSR count). The van der Waals surface area contributed by atoms with Crippen molar-refractivity contribution in [3.63, 3.8) is 0 Å². The van der Waals surface area contributed by atoms with Gasteiger partial charge in [-0.1, -0.05) is 0 Å². The third-order valence-corrected chi connectivity index (χ3v) is 5.56. The van der Waals surface area contributed by atoms with Gasteiger partial charge < -0.3 is 20.1 Å². The number of carbonyl (C=O) groups is 2. The molecule has 0 bridgehead atoms. The van der Waals surface area contributed by atoms with Gasteiger partial charge in [0.05, 0.1) is 25.5 Å². The Balaban J connectivity index is 1.30. The van der Waals surface area contributed by atoms with Crippen molar-refractivity contribution < 1.29 is 23.5 Å². The summed E-state index contributed by atoms with van der Waals surface area (Å²) in [6.07, 6.45) is 2.69. The molecule has 7 nitrogen and oxygen atoms in total. The second kappa shape index (κ2) is 10.6. The number of benzene rings is 2. The maximum absolute atomic E-state index is 14.2. The summed E-state index contributed by atoms with van der Waals surface area (Å²) in [5, 5.41) is 5.34. The van der Waals surface area contributed by atoms with Crippen molar-refractivity contribution in [3.05, 3.63) is 53.8 Å². The normalized spacial score (nSPS) is 16.4. The lowest BCUT2D eigenvalue weighted by Crippen LogP contribution is -2.38. The SMILES string of the molecule is O=C(CCN1CCOCC1)Nc1cc(NC(=O)c2ccc(OCC3CC3)cc2)ccc1F. The van der Waals surface area contributed by atoms with Crippen LogP contribution in [0.4, 0.5) is 15.8 Å². The number of hydrogen-bond donors (Lipinski definition) is 2. The Kier molecular flexibility index (Phi) is 7.34. The number of halogens is 1. The average molecular weight is 442 g/mol. The van der Waals surface area contributed by atoms with Crippen LogP contribution in [0, 0.1) is 11.7 Å². The van der Waals surface area contributed by atoms with Crippen molar-refractivity contribution in [1.29, 1.82) is 0 Å². The number of amides is 2. The molecular weight excluding hydrogens is 413 g/mol. The number of hydrogen-bond acceptors (Lipinski definition) is 5. The van der Waals surface area contributed by atoms with Gasteiger partial charge in [-0.2, -0.15) is 0 Å². The van der Waals surface area contributed by atoms with Gasteiger partial charge in [-0.05, 0) is 61.2 Å². The smallest absolute Gasteiger partial charge is 0.255 e. The van der Waals surface area contributed by atoms with Crippen LogP contribution in [0.3, 0.4) is 0 Å². The zero-order valence-electron chi connectivity index (χ0n) is 17.9. The average Bonchev–Trinajstić information content (AvgIpc) is 3.64. The Hall–Kier alpha value is -2.97. The minimum Gasteiger partial charge on any atom is -0.493 e. The monoisotopic (exact) mass is 441 g/mol. The van der Waals surface area contributed by atoms with Crippen LogP contribution in [0.25, 0.3) is 0 Å². The van der Waals surface area contributed by atoms with Gasteiger partial charge in [0.1, 0.15) is 11.6 Å². The molecule has 1 heterocycles. The van der Waals surface area contributed by atoms with Gasteiger partial charge in [0.2, 0.25) is 5.91 Å². The number of morpholine rings is 1. The largest absolute Gasteiger partial charge is 0.493 e. The van der Waals surface area contributed by atoms with Crippen LogP contribution < -0.4 is 15.4 Å². The summed E-state index contributed by atoms with van der Waals surface area (Å²) in [7, 11) is 0. The molecule has 1 saturated heterocycles. The molecule has 2 aromatic rings. The number of nitrogens with one attached hydrogen (secondary N) is 2. The lowest BCUT2D eigenvalue weighted by atomic mass is 10.2. The Labute approximate surface area is 186 Å². The molecule has 170 valence electrons. The third kappa shape index (κ3) is 6.51. The molecule has 2 amide bonds. The van der Waals surface area contributed by atoms with Gasteiger partial charge in [0.25, 0.3) is 5.91 Å². The lowest BCUT2D eigenvalue weighted by molar-refractivity contribution is -0.116. The second-order valence-electron chi connectivity index (χ2n) is 8.18. The van der Waals surface area contributed by atoms with E-state index in [1.165, 1.54) is 31.0 Å². The zero-order valence-corrected chi connectivity index (χ0v) is 17.9. The molecule has 1 aliphatic carbocycles. The minimum absolute atomic E-state index is 0.0404. The summed E-state index contributed by atoms with van der Waals surface area (Å²) >= 11 is 0. The summed E-state index contributed by atoms with van der Waals surface area (Å²) in [5.41, 5.74) is 0.900. The first-order valence-corrected chi connectivity index (χ1v) is 11.0. The summed E-state index contributed by atoms with van der Waals surface area (Å²) < 4.78 is 25.2. The number of ether oxygens (including phenoxy) is 2. The second-order valence-corrected chi connectivity index (χ2v) is 8.18. The van der Waals surface area contributed by atoms with Crippen LogP contribution in [0.5, 0.6) is 5.75 Å². The minimum atomic E-state index is -0.556. The van der Waals surface area contributed by atoms with E-state index in [-0.39, 0.29) is 23.9 Å². The van der Waals surface area contributed by atoms with Crippen LogP contribution >= 0.6 is 0 Å². The van der Waals surface area contributed by atoms with Crippen molar-refractivity contribution in [1.82, 2.24) is 4.90 Å². The molecule has 0 spiro atoms. The topological polar surface area (TPSA) is 79.9 Å². The van der Waals surface area contributed by atoms with Crippen molar-refractivity contribution in [2.24, 2.45) is 5.92 Å². The van der Waals surface area contributed by atoms with E-state index >= 15 is 0 Å². The van der Waals surface area contributed by atoms with Crippen LogP contribution in [-0.2, 0) is 9.53 Å². The summed E-state index contributed by atoms with van der Waals surface area (Å²) in [6, 6.07) is 11.0. The number of nitrogens with zero attached hydrogens (tertiary/aromatic N) is 1. The van der Waals surface area contributed by atoms with Crippen LogP contribution in [0.2, 0.25) is 0 Å². The predicted molar refractivity (Wildman–Crippen MR) is 120 cm³/mol. The first-order chi connectivity index (χ1) is 15.6. The first-order valence-electron chi connectivity index (χ1n) is 11.0. The fourth-order valence-electron chi connectivity index (χ4n) is 3.40. The van der Waals surface area contributed by atoms with Gasteiger partial charge in [-0.15, -0.1) is 0 Å². The van der Waals surface area contributed by atoms with Gasteiger partial charge >= 0.3 is 0 Å². The quantitative estimate of drug-likeness (QED) is 0.622. The molecule has 0 atom stereocenters. The molecule has 8 heteroatoms. The highest BCUT2D eigenvalue weighted by atomic mass is 19.1. The van der Waals surface area contributed by atoms with Gasteiger partial charge in [-0.25, -0.2) is 4.39 Å². The Morgan fingerprint density at radius 3 is 2.53 bits per heavy atom. The van der Waals surface area contributed by atoms with Crippen LogP contribution in [0.15, 0.2) is 42.5 Å². The van der Waals surface area contributed by atoms with E-state index in [0.717, 1.165) is 18.8 Å². The standard InChI is InChI=1S/C24H28FN3O4/c25-21-8-5-19(15-22(21)27-23(29)9-10-28-11-13-31-14-12-28)26-24(30)18-3-6-20(7-4-18)32-16-17-1-2-17/h3-8,15,17H,1-2,9-14,16H2,(H,26,30)(H,27,29). The molecular formula is C24H28FN3O4. The zero-order chi connectivity index (χ0) is 22.3. The van der Waals surface area contributed by atoms with Crippen LogP contribution in [-0.4, -0.2) is 56.2 Å². The van der Waals surface area contributed by atoms with Gasteiger partial charge in [0, 0.05) is 37.3 Å². The number of rotatable bonds is 9. The van der Waals surface area contributed by atoms with E-state index < -0.39 is 5.82 Å². The highest BCUT2D eigenvalue weighted by molar-refractivity contribution is 6.04. The fourth-order valence-corrected chi connectivity index (χ4v) is 3.40. The van der Waals surface area contributed by atoms with E-state index in [0.29, 0.717) is 43.5 Å². The van der Waals surface area contributed by atoms with Crippen molar-refractivity contribution in [3.8, 4) is 5.75 Å². The maximum atomic E-state index is 14.2. The summed E-state index contributed by atoms with van der Waals surface area (Å²) in [4.78, 5) is 26.9. The Morgan fingerprint density at radius 2 is 1.81 bits per heavy atom. The maximum Gasteiger partial charge on any atom is 0.255 e. The molecule has 2 fully saturated rings. The van der Waals surface area contributed by atoms with Gasteiger partial charge in [0.15, 0.2) is 0 Å². The Bertz CT molecular complexity index is 941. The van der Waals surface area contributed by atoms with E-state index in [1.807, 2.05) is 0 Å². The van der Waals surface area contributed by atoms with E-state index in [1.54, 1.807) is 24.3 Å². The molecule has 2 aromatic carbocycles. The molecule has 2 N–H and O–H groups in total. The molecule has 0 unspecified atom stereocenters. The predicted octanol–water partition coefficient (Wildman–Crippen LogP) is 3.53. The fraction of sp³-hybridized carbons (Fsp3) is 0.417. The van der Waals surface area contributed by atoms with Crippen LogP contribution in [0.1, 0.15) is 29.6 Å². The lowest BCUT2D eigenvalue weighted by Gasteiger charge is -2.26. The van der Waals surface area contributed by atoms with Gasteiger partial charge in [-0.3, -0.25) is 14.5 Å². The highest BCUT2D eigenvalue weighted by Crippen LogP contribution is 2.29. The Morgan fingerprint density at radius 1 is 1.06 bits per heavy atom. The number of carbonyl (C=O) groups excluding carboxylic acids is 2. The summed E-state index contributed by atoms with van der Waals surface area (Å²) in [5.74, 6) is 0.235. The molecule has 0 radical (unpaired) electrons. The first kappa shape index (κ1) is 22.2. The number of anilines is 2. The molecule has 0 aromatic heterocycles. The van der Waals surface area contributed by atoms with E-state index in [2.05, 4.69) is 15.5 Å². The van der Waals surface area contributed by atoms with E-state index in [4.69, 9.17) is 9.47 Å². The third-order valence-electron chi connectivity index (χ3n) is 5.56. The molecule has 32 heavy (non-hydrogen) atoms. The summed E-state index contributed by atoms with van der Waals surface area (Å²) in [6.45, 7) is 4.20. The molecule has 1 aliphatic heterocycles. The molecule has 1 saturated carbocycles. The highest BCUT2D eigenvalue weighted by Gasteiger charge is 2.22.